The van der Waals surface area contributed by atoms with Crippen molar-refractivity contribution in [1.82, 2.24) is 0 Å². The van der Waals surface area contributed by atoms with Crippen molar-refractivity contribution >= 4 is 48.1 Å². The van der Waals surface area contributed by atoms with Crippen molar-refractivity contribution in [3.8, 4) is 11.1 Å². The molecule has 210 valence electrons. The van der Waals surface area contributed by atoms with Crippen molar-refractivity contribution in [2.75, 3.05) is 0 Å². The van der Waals surface area contributed by atoms with E-state index in [-0.39, 0.29) is 5.41 Å². The number of benzene rings is 3. The molecule has 1 unspecified atom stereocenters. The summed E-state index contributed by atoms with van der Waals surface area (Å²) in [5, 5.41) is 5.47. The molecule has 0 saturated heterocycles. The van der Waals surface area contributed by atoms with Gasteiger partial charge in [-0.1, -0.05) is 103 Å². The fraction of sp³-hybridized carbons (Fsp3) is 0.333. The molecule has 0 N–H and O–H groups in total. The third-order valence-corrected chi connectivity index (χ3v) is 7.10. The van der Waals surface area contributed by atoms with Gasteiger partial charge in [0.2, 0.25) is 0 Å². The molecule has 0 aliphatic heterocycles. The number of hydrogen-bond donors (Lipinski definition) is 0. The zero-order chi connectivity index (χ0) is 29.7. The van der Waals surface area contributed by atoms with E-state index in [0.29, 0.717) is 5.92 Å². The number of halogens is 2. The van der Waals surface area contributed by atoms with Gasteiger partial charge in [0.1, 0.15) is 0 Å². The van der Waals surface area contributed by atoms with Gasteiger partial charge in [-0.15, -0.1) is 75.1 Å². The van der Waals surface area contributed by atoms with Crippen LogP contribution in [0, 0.1) is 0 Å². The monoisotopic (exact) mass is 664 g/mol. The molecule has 0 heterocycles. The number of aryl methyl sites for hydroxylation is 1. The molecule has 0 amide bonds. The fourth-order valence-electron chi connectivity index (χ4n) is 4.60. The Hall–Kier alpha value is -1.44. The van der Waals surface area contributed by atoms with Gasteiger partial charge in [-0.05, 0) is 28.9 Å². The number of fused-ring (bicyclic) bond motifs is 2. The second-order valence-electron chi connectivity index (χ2n) is 11.2. The van der Waals surface area contributed by atoms with Crippen LogP contribution in [0.5, 0.6) is 0 Å². The van der Waals surface area contributed by atoms with Gasteiger partial charge in [-0.25, -0.2) is 0 Å². The predicted octanol–water partition coefficient (Wildman–Crippen LogP) is 12.3. The van der Waals surface area contributed by atoms with Crippen molar-refractivity contribution in [3.05, 3.63) is 108 Å². The Balaban J connectivity index is 0.000000272. The van der Waals surface area contributed by atoms with Crippen LogP contribution in [0.3, 0.4) is 0 Å². The molecule has 0 fully saturated rings. The molecule has 0 aliphatic rings. The molecule has 2 radical (unpaired) electrons. The zero-order valence-corrected chi connectivity index (χ0v) is 30.4. The summed E-state index contributed by atoms with van der Waals surface area (Å²) >= 11 is -0.826. The fourth-order valence-corrected chi connectivity index (χ4v) is 4.60. The van der Waals surface area contributed by atoms with Crippen LogP contribution in [0.15, 0.2) is 91.0 Å². The normalized spacial score (nSPS) is 11.3. The first-order valence-corrected chi connectivity index (χ1v) is 22.5. The summed E-state index contributed by atoms with van der Waals surface area (Å²) in [7, 11) is 11.0. The van der Waals surface area contributed by atoms with Crippen molar-refractivity contribution in [3.63, 3.8) is 0 Å². The zero-order valence-electron chi connectivity index (χ0n) is 25.4. The van der Waals surface area contributed by atoms with Gasteiger partial charge in [0.05, 0.1) is 0 Å². The summed E-state index contributed by atoms with van der Waals surface area (Å²) in [6, 6.07) is 33.5. The summed E-state index contributed by atoms with van der Waals surface area (Å²) in [4.78, 5) is 0. The molecular weight excluding hydrogens is 623 g/mol. The standard InChI is InChI=1S/C23H27.C11H11.C2H6Si.2ClH.Zr/c1-6-16(2)19-14-18-8-7-9-21(22(18)15-19)17-10-12-20(13-11-17)23(3,4)5;1-2-9-7-10-5-3-4-6-11(10)8-9;1-3-2;;;/h7-16H,6H2,1-5H3;3-8H,2H2,1H3;1-2H3;2*1H;/q2*-1;;;;+4/p-2. The summed E-state index contributed by atoms with van der Waals surface area (Å²) in [5.41, 5.74) is 7.14. The van der Waals surface area contributed by atoms with E-state index in [9.17, 15) is 0 Å². The molecule has 5 aromatic carbocycles. The molecule has 5 aromatic rings. The van der Waals surface area contributed by atoms with E-state index in [0.717, 1.165) is 15.9 Å². The minimum atomic E-state index is -0.826. The Morgan fingerprint density at radius 1 is 0.825 bits per heavy atom. The van der Waals surface area contributed by atoms with Crippen LogP contribution in [0.1, 0.15) is 70.6 Å². The van der Waals surface area contributed by atoms with Crippen molar-refractivity contribution < 1.29 is 20.8 Å². The first-order valence-electron chi connectivity index (χ1n) is 14.1. The molecule has 0 bridgehead atoms. The van der Waals surface area contributed by atoms with E-state index in [1.807, 2.05) is 0 Å². The van der Waals surface area contributed by atoms with Crippen LogP contribution in [0.2, 0.25) is 13.1 Å². The Morgan fingerprint density at radius 3 is 1.98 bits per heavy atom. The van der Waals surface area contributed by atoms with Gasteiger partial charge in [0.25, 0.3) is 0 Å². The molecule has 0 aliphatic carbocycles. The second-order valence-corrected chi connectivity index (χ2v) is 15.9. The molecule has 0 nitrogen and oxygen atoms in total. The van der Waals surface area contributed by atoms with E-state index in [2.05, 4.69) is 146 Å². The van der Waals surface area contributed by atoms with Crippen LogP contribution in [-0.4, -0.2) is 9.52 Å². The third kappa shape index (κ3) is 10.1. The SMILES string of the molecule is CCC(C)c1cc2c(-c3ccc(C(C)(C)C)cc3)cccc2[cH-]1.CCc1cc2ccccc2[cH-]1.C[Si]C.[Cl][Zr+2][Cl]. The summed E-state index contributed by atoms with van der Waals surface area (Å²) in [5.74, 6) is 0.624. The van der Waals surface area contributed by atoms with Crippen molar-refractivity contribution in [2.24, 2.45) is 0 Å². The number of hydrogen-bond acceptors (Lipinski definition) is 0. The van der Waals surface area contributed by atoms with Gasteiger partial charge in [0, 0.05) is 9.52 Å². The Bertz CT molecular complexity index is 1370. The van der Waals surface area contributed by atoms with E-state index in [1.54, 1.807) is 0 Å². The van der Waals surface area contributed by atoms with E-state index < -0.39 is 20.8 Å². The van der Waals surface area contributed by atoms with Gasteiger partial charge >= 0.3 is 37.9 Å². The van der Waals surface area contributed by atoms with Crippen LogP contribution in [0.4, 0.5) is 0 Å². The van der Waals surface area contributed by atoms with Crippen LogP contribution in [0.25, 0.3) is 32.7 Å². The molecular formula is C36H44Cl2SiZr. The summed E-state index contributed by atoms with van der Waals surface area (Å²) in [6.45, 7) is 17.9. The maximum atomic E-state index is 4.93. The first-order chi connectivity index (χ1) is 19.1. The Kier molecular flexibility index (Phi) is 15.2. The van der Waals surface area contributed by atoms with Crippen LogP contribution < -0.4 is 0 Å². The Labute approximate surface area is 264 Å². The molecule has 4 heteroatoms. The van der Waals surface area contributed by atoms with Crippen molar-refractivity contribution in [2.45, 2.75) is 78.8 Å². The van der Waals surface area contributed by atoms with Crippen LogP contribution in [-0.2, 0) is 32.7 Å². The molecule has 5 rings (SSSR count). The van der Waals surface area contributed by atoms with Crippen LogP contribution >= 0.6 is 17.0 Å². The summed E-state index contributed by atoms with van der Waals surface area (Å²) < 4.78 is 0. The maximum absolute atomic E-state index is 4.93. The average molecular weight is 667 g/mol. The molecule has 1 atom stereocenters. The Morgan fingerprint density at radius 2 is 1.43 bits per heavy atom. The third-order valence-electron chi connectivity index (χ3n) is 7.10. The van der Waals surface area contributed by atoms with Crippen molar-refractivity contribution in [1.29, 1.82) is 0 Å². The second kappa shape index (κ2) is 17.5. The minimum absolute atomic E-state index is 0.203. The summed E-state index contributed by atoms with van der Waals surface area (Å²) in [6.07, 6.45) is 2.32. The van der Waals surface area contributed by atoms with E-state index >= 15 is 0 Å². The topological polar surface area (TPSA) is 0 Å². The first kappa shape index (κ1) is 34.8. The predicted molar refractivity (Wildman–Crippen MR) is 180 cm³/mol. The van der Waals surface area contributed by atoms with Gasteiger partial charge in [-0.3, -0.25) is 0 Å². The molecule has 0 saturated carbocycles. The van der Waals surface area contributed by atoms with Gasteiger partial charge in [0.15, 0.2) is 0 Å². The van der Waals surface area contributed by atoms with E-state index in [4.69, 9.17) is 17.0 Å². The van der Waals surface area contributed by atoms with Gasteiger partial charge < -0.3 is 0 Å². The average Bonchev–Trinajstić information content (AvgIpc) is 3.58. The number of rotatable bonds is 4. The molecule has 40 heavy (non-hydrogen) atoms. The van der Waals surface area contributed by atoms with E-state index in [1.165, 1.54) is 55.8 Å². The quantitative estimate of drug-likeness (QED) is 0.132. The molecule has 0 spiro atoms. The van der Waals surface area contributed by atoms with Gasteiger partial charge in [-0.2, -0.15) is 12.1 Å². The molecule has 0 aromatic heterocycles.